The number of rotatable bonds is 3. The third-order valence-corrected chi connectivity index (χ3v) is 3.03. The number of hydrogen-bond donors (Lipinski definition) is 0. The summed E-state index contributed by atoms with van der Waals surface area (Å²) in [6, 6.07) is 0. The summed E-state index contributed by atoms with van der Waals surface area (Å²) < 4.78 is 0. The molecule has 1 saturated carbocycles. The van der Waals surface area contributed by atoms with Gasteiger partial charge in [-0.15, -0.1) is 0 Å². The first-order chi connectivity index (χ1) is 5.22. The van der Waals surface area contributed by atoms with Crippen LogP contribution < -0.4 is 0 Å². The van der Waals surface area contributed by atoms with Crippen LogP contribution in [0.1, 0.15) is 52.9 Å². The number of hydrogen-bond acceptors (Lipinski definition) is 0. The highest BCUT2D eigenvalue weighted by atomic mass is 14.3. The van der Waals surface area contributed by atoms with Gasteiger partial charge in [-0.25, -0.2) is 0 Å². The Hall–Kier alpha value is 0. The van der Waals surface area contributed by atoms with E-state index in [4.69, 9.17) is 0 Å². The predicted octanol–water partition coefficient (Wildman–Crippen LogP) is 3.86. The van der Waals surface area contributed by atoms with Crippen molar-refractivity contribution < 1.29 is 0 Å². The van der Waals surface area contributed by atoms with E-state index in [0.29, 0.717) is 0 Å². The molecule has 0 aromatic carbocycles. The molecule has 0 aromatic rings. The molecule has 0 heterocycles. The van der Waals surface area contributed by atoms with E-state index in [1.54, 1.807) is 0 Å². The molecule has 1 aliphatic rings. The first kappa shape index (κ1) is 9.09. The molecule has 0 aliphatic heterocycles. The van der Waals surface area contributed by atoms with Crippen LogP contribution >= 0.6 is 0 Å². The molecular formula is C11H22. The molecule has 0 saturated heterocycles. The highest BCUT2D eigenvalue weighted by Gasteiger charge is 2.23. The Morgan fingerprint density at radius 2 is 1.82 bits per heavy atom. The SMILES string of the molecule is CCC1CCC(CC(C)C)C1. The van der Waals surface area contributed by atoms with Crippen LogP contribution in [0.2, 0.25) is 0 Å². The second-order valence-electron chi connectivity index (χ2n) is 4.58. The van der Waals surface area contributed by atoms with Gasteiger partial charge in [-0.2, -0.15) is 0 Å². The monoisotopic (exact) mass is 154 g/mol. The maximum absolute atomic E-state index is 2.35. The lowest BCUT2D eigenvalue weighted by Crippen LogP contribution is -2.00. The average molecular weight is 154 g/mol. The van der Waals surface area contributed by atoms with Gasteiger partial charge in [0.1, 0.15) is 0 Å². The Bertz CT molecular complexity index is 105. The van der Waals surface area contributed by atoms with Gasteiger partial charge in [0.25, 0.3) is 0 Å². The molecule has 11 heavy (non-hydrogen) atoms. The van der Waals surface area contributed by atoms with Crippen LogP contribution in [0.4, 0.5) is 0 Å². The van der Waals surface area contributed by atoms with Crippen molar-refractivity contribution in [3.8, 4) is 0 Å². The van der Waals surface area contributed by atoms with Crippen molar-refractivity contribution in [2.75, 3.05) is 0 Å². The first-order valence-corrected chi connectivity index (χ1v) is 5.22. The molecule has 2 atom stereocenters. The van der Waals surface area contributed by atoms with E-state index in [1.165, 1.54) is 32.1 Å². The van der Waals surface area contributed by atoms with Gasteiger partial charge in [-0.1, -0.05) is 40.0 Å². The van der Waals surface area contributed by atoms with E-state index in [0.717, 1.165) is 17.8 Å². The average Bonchev–Trinajstić information content (AvgIpc) is 2.34. The van der Waals surface area contributed by atoms with Gasteiger partial charge in [0.05, 0.1) is 0 Å². The van der Waals surface area contributed by atoms with Crippen molar-refractivity contribution in [3.05, 3.63) is 0 Å². The summed E-state index contributed by atoms with van der Waals surface area (Å²) in [4.78, 5) is 0. The van der Waals surface area contributed by atoms with Crippen molar-refractivity contribution in [1.29, 1.82) is 0 Å². The molecule has 0 spiro atoms. The standard InChI is InChI=1S/C11H22/c1-4-10-5-6-11(8-10)7-9(2)3/h9-11H,4-8H2,1-3H3. The lowest BCUT2D eigenvalue weighted by Gasteiger charge is -2.12. The summed E-state index contributed by atoms with van der Waals surface area (Å²) in [5.41, 5.74) is 0. The molecule has 66 valence electrons. The van der Waals surface area contributed by atoms with Crippen LogP contribution in [0.15, 0.2) is 0 Å². The summed E-state index contributed by atoms with van der Waals surface area (Å²) in [6.45, 7) is 7.03. The van der Waals surface area contributed by atoms with Crippen LogP contribution in [-0.2, 0) is 0 Å². The third-order valence-electron chi connectivity index (χ3n) is 3.03. The smallest absolute Gasteiger partial charge is 0.0409 e. The Labute approximate surface area is 71.4 Å². The summed E-state index contributed by atoms with van der Waals surface area (Å²) in [5, 5.41) is 0. The zero-order chi connectivity index (χ0) is 8.27. The summed E-state index contributed by atoms with van der Waals surface area (Å²) in [7, 11) is 0. The second-order valence-corrected chi connectivity index (χ2v) is 4.58. The molecule has 1 fully saturated rings. The van der Waals surface area contributed by atoms with E-state index in [1.807, 2.05) is 0 Å². The van der Waals surface area contributed by atoms with Crippen LogP contribution in [0.25, 0.3) is 0 Å². The van der Waals surface area contributed by atoms with Gasteiger partial charge < -0.3 is 0 Å². The van der Waals surface area contributed by atoms with Crippen molar-refractivity contribution >= 4 is 0 Å². The third kappa shape index (κ3) is 2.84. The van der Waals surface area contributed by atoms with E-state index >= 15 is 0 Å². The molecule has 0 nitrogen and oxygen atoms in total. The highest BCUT2D eigenvalue weighted by molar-refractivity contribution is 4.75. The van der Waals surface area contributed by atoms with Crippen molar-refractivity contribution in [1.82, 2.24) is 0 Å². The minimum atomic E-state index is 0.913. The zero-order valence-corrected chi connectivity index (χ0v) is 8.27. The largest absolute Gasteiger partial charge is 0.0651 e. The van der Waals surface area contributed by atoms with Crippen LogP contribution in [0, 0.1) is 17.8 Å². The first-order valence-electron chi connectivity index (χ1n) is 5.22. The topological polar surface area (TPSA) is 0 Å². The van der Waals surface area contributed by atoms with Gasteiger partial charge in [0.15, 0.2) is 0 Å². The quantitative estimate of drug-likeness (QED) is 0.579. The maximum atomic E-state index is 2.35. The van der Waals surface area contributed by atoms with Crippen LogP contribution in [0.3, 0.4) is 0 Å². The Kier molecular flexibility index (Phi) is 3.42. The maximum Gasteiger partial charge on any atom is -0.0409 e. The molecule has 0 N–H and O–H groups in total. The van der Waals surface area contributed by atoms with E-state index in [-0.39, 0.29) is 0 Å². The Balaban J connectivity index is 2.19. The second kappa shape index (κ2) is 4.13. The lowest BCUT2D eigenvalue weighted by atomic mass is 9.94. The minimum Gasteiger partial charge on any atom is -0.0651 e. The van der Waals surface area contributed by atoms with Gasteiger partial charge in [0, 0.05) is 0 Å². The molecule has 0 bridgehead atoms. The fourth-order valence-corrected chi connectivity index (χ4v) is 2.43. The van der Waals surface area contributed by atoms with Crippen molar-refractivity contribution in [3.63, 3.8) is 0 Å². The predicted molar refractivity (Wildman–Crippen MR) is 50.6 cm³/mol. The van der Waals surface area contributed by atoms with E-state index < -0.39 is 0 Å². The van der Waals surface area contributed by atoms with Gasteiger partial charge in [-0.05, 0) is 30.6 Å². The molecular weight excluding hydrogens is 132 g/mol. The van der Waals surface area contributed by atoms with Gasteiger partial charge in [-0.3, -0.25) is 0 Å². The summed E-state index contributed by atoms with van der Waals surface area (Å²) in [6.07, 6.45) is 7.42. The van der Waals surface area contributed by atoms with Crippen molar-refractivity contribution in [2.24, 2.45) is 17.8 Å². The van der Waals surface area contributed by atoms with Crippen LogP contribution in [-0.4, -0.2) is 0 Å². The molecule has 0 radical (unpaired) electrons. The van der Waals surface area contributed by atoms with E-state index in [9.17, 15) is 0 Å². The molecule has 1 aliphatic carbocycles. The fourth-order valence-electron chi connectivity index (χ4n) is 2.43. The molecule has 0 amide bonds. The van der Waals surface area contributed by atoms with Gasteiger partial charge >= 0.3 is 0 Å². The normalized spacial score (nSPS) is 31.6. The van der Waals surface area contributed by atoms with E-state index in [2.05, 4.69) is 20.8 Å². The van der Waals surface area contributed by atoms with Gasteiger partial charge in [0.2, 0.25) is 0 Å². The minimum absolute atomic E-state index is 0.913. The molecule has 2 unspecified atom stereocenters. The molecule has 1 rings (SSSR count). The molecule has 0 aromatic heterocycles. The summed E-state index contributed by atoms with van der Waals surface area (Å²) in [5.74, 6) is 3.05. The fraction of sp³-hybridized carbons (Fsp3) is 1.00. The lowest BCUT2D eigenvalue weighted by molar-refractivity contribution is 0.399. The molecule has 0 heteroatoms. The summed E-state index contributed by atoms with van der Waals surface area (Å²) >= 11 is 0. The highest BCUT2D eigenvalue weighted by Crippen LogP contribution is 2.36. The zero-order valence-electron chi connectivity index (χ0n) is 8.27. The Morgan fingerprint density at radius 1 is 1.18 bits per heavy atom. The van der Waals surface area contributed by atoms with Crippen molar-refractivity contribution in [2.45, 2.75) is 52.9 Å². The Morgan fingerprint density at radius 3 is 2.27 bits per heavy atom. The van der Waals surface area contributed by atoms with Crippen LogP contribution in [0.5, 0.6) is 0 Å².